The van der Waals surface area contributed by atoms with Gasteiger partial charge in [0.25, 0.3) is 17.4 Å². The monoisotopic (exact) mass is 314 g/mol. The van der Waals surface area contributed by atoms with Crippen molar-refractivity contribution in [2.24, 2.45) is 0 Å². The molecule has 2 aromatic rings. The zero-order chi connectivity index (χ0) is 16.7. The highest BCUT2D eigenvalue weighted by Crippen LogP contribution is 1.97. The summed E-state index contributed by atoms with van der Waals surface area (Å²) in [6.45, 7) is 2.45. The molecule has 0 unspecified atom stereocenters. The van der Waals surface area contributed by atoms with Gasteiger partial charge in [-0.3, -0.25) is 25.2 Å². The molecule has 0 aliphatic heterocycles. The van der Waals surface area contributed by atoms with Crippen molar-refractivity contribution in [3.63, 3.8) is 0 Å². The largest absolute Gasteiger partial charge is 0.290 e. The van der Waals surface area contributed by atoms with Gasteiger partial charge in [-0.05, 0) is 24.6 Å². The van der Waals surface area contributed by atoms with Crippen molar-refractivity contribution in [2.45, 2.75) is 26.3 Å². The van der Waals surface area contributed by atoms with Crippen LogP contribution in [-0.4, -0.2) is 21.6 Å². The number of nitrogens with zero attached hydrogens (tertiary/aromatic N) is 2. The first-order valence-corrected chi connectivity index (χ1v) is 7.35. The molecule has 0 atom stereocenters. The Kier molecular flexibility index (Phi) is 5.62. The molecule has 23 heavy (non-hydrogen) atoms. The maximum Gasteiger partial charge on any atom is 0.290 e. The van der Waals surface area contributed by atoms with E-state index in [9.17, 15) is 14.4 Å². The molecule has 2 N–H and O–H groups in total. The molecule has 120 valence electrons. The predicted molar refractivity (Wildman–Crippen MR) is 84.8 cm³/mol. The maximum absolute atomic E-state index is 12.0. The number of unbranched alkanes of at least 4 members (excludes halogenated alkanes) is 1. The Morgan fingerprint density at radius 3 is 2.43 bits per heavy atom. The molecule has 0 saturated heterocycles. The van der Waals surface area contributed by atoms with Gasteiger partial charge >= 0.3 is 0 Å². The van der Waals surface area contributed by atoms with Crippen molar-refractivity contribution in [1.29, 1.82) is 0 Å². The fourth-order valence-corrected chi connectivity index (χ4v) is 1.88. The highest BCUT2D eigenvalue weighted by Gasteiger charge is 2.11. The molecular weight excluding hydrogens is 296 g/mol. The summed E-state index contributed by atoms with van der Waals surface area (Å²) >= 11 is 0. The molecule has 1 aromatic carbocycles. The number of carbonyl (C=O) groups excluding carboxylic acids is 2. The Labute approximate surface area is 133 Å². The first-order chi connectivity index (χ1) is 11.1. The molecule has 0 saturated carbocycles. The third-order valence-electron chi connectivity index (χ3n) is 3.15. The van der Waals surface area contributed by atoms with Crippen LogP contribution in [0.4, 0.5) is 0 Å². The Balaban J connectivity index is 2.00. The van der Waals surface area contributed by atoms with Crippen LogP contribution in [0.5, 0.6) is 0 Å². The van der Waals surface area contributed by atoms with Gasteiger partial charge < -0.3 is 0 Å². The lowest BCUT2D eigenvalue weighted by Crippen LogP contribution is -2.42. The van der Waals surface area contributed by atoms with Crippen LogP contribution in [0.25, 0.3) is 0 Å². The highest BCUT2D eigenvalue weighted by atomic mass is 16.2. The number of rotatable bonds is 5. The maximum atomic E-state index is 12.0. The minimum atomic E-state index is -0.584. The van der Waals surface area contributed by atoms with Gasteiger partial charge in [0.2, 0.25) is 0 Å². The topological polar surface area (TPSA) is 93.1 Å². The lowest BCUT2D eigenvalue weighted by atomic mass is 10.2. The summed E-state index contributed by atoms with van der Waals surface area (Å²) in [4.78, 5) is 35.5. The van der Waals surface area contributed by atoms with Gasteiger partial charge in [-0.15, -0.1) is 0 Å². The molecule has 7 heteroatoms. The van der Waals surface area contributed by atoms with E-state index in [0.717, 1.165) is 12.8 Å². The second kappa shape index (κ2) is 7.88. The highest BCUT2D eigenvalue weighted by molar-refractivity contribution is 5.98. The van der Waals surface area contributed by atoms with E-state index in [1.165, 1.54) is 16.8 Å². The van der Waals surface area contributed by atoms with Gasteiger partial charge in [0, 0.05) is 18.2 Å². The minimum absolute atomic E-state index is 0.0639. The van der Waals surface area contributed by atoms with Crippen LogP contribution in [-0.2, 0) is 6.54 Å². The van der Waals surface area contributed by atoms with Gasteiger partial charge in [0.05, 0.1) is 0 Å². The van der Waals surface area contributed by atoms with E-state index < -0.39 is 11.8 Å². The summed E-state index contributed by atoms with van der Waals surface area (Å²) in [6, 6.07) is 11.1. The third-order valence-corrected chi connectivity index (χ3v) is 3.15. The summed E-state index contributed by atoms with van der Waals surface area (Å²) in [5.41, 5.74) is 4.82. The molecule has 0 spiro atoms. The van der Waals surface area contributed by atoms with E-state index in [2.05, 4.69) is 16.0 Å². The van der Waals surface area contributed by atoms with E-state index in [4.69, 9.17) is 0 Å². The number of hydrogen-bond acceptors (Lipinski definition) is 4. The van der Waals surface area contributed by atoms with Crippen molar-refractivity contribution in [2.75, 3.05) is 0 Å². The molecule has 2 amide bonds. The number of hydrazine groups is 1. The van der Waals surface area contributed by atoms with Gasteiger partial charge in [-0.1, -0.05) is 31.5 Å². The van der Waals surface area contributed by atoms with Crippen molar-refractivity contribution in [1.82, 2.24) is 20.6 Å². The summed E-state index contributed by atoms with van der Waals surface area (Å²) in [6.07, 6.45) is 1.71. The fourth-order valence-electron chi connectivity index (χ4n) is 1.88. The van der Waals surface area contributed by atoms with Crippen LogP contribution in [0, 0.1) is 0 Å². The predicted octanol–water partition coefficient (Wildman–Crippen LogP) is 1.12. The summed E-state index contributed by atoms with van der Waals surface area (Å²) in [5.74, 6) is -1.02. The molecule has 0 aliphatic rings. The van der Waals surface area contributed by atoms with Crippen molar-refractivity contribution in [3.8, 4) is 0 Å². The molecule has 1 aromatic heterocycles. The van der Waals surface area contributed by atoms with E-state index in [0.29, 0.717) is 12.1 Å². The molecule has 2 rings (SSSR count). The Hall–Kier alpha value is -2.96. The summed E-state index contributed by atoms with van der Waals surface area (Å²) in [7, 11) is 0. The van der Waals surface area contributed by atoms with E-state index in [1.54, 1.807) is 30.3 Å². The van der Waals surface area contributed by atoms with E-state index in [-0.39, 0.29) is 11.3 Å². The van der Waals surface area contributed by atoms with Crippen LogP contribution < -0.4 is 16.4 Å². The van der Waals surface area contributed by atoms with Crippen LogP contribution in [0.2, 0.25) is 0 Å². The van der Waals surface area contributed by atoms with Gasteiger partial charge in [0.1, 0.15) is 0 Å². The van der Waals surface area contributed by atoms with Crippen molar-refractivity contribution in [3.05, 3.63) is 64.1 Å². The molecule has 0 fully saturated rings. The minimum Gasteiger partial charge on any atom is -0.268 e. The Bertz CT molecular complexity index is 740. The summed E-state index contributed by atoms with van der Waals surface area (Å²) in [5, 5.41) is 4.00. The average Bonchev–Trinajstić information content (AvgIpc) is 2.59. The quantitative estimate of drug-likeness (QED) is 0.809. The normalized spacial score (nSPS) is 10.1. The smallest absolute Gasteiger partial charge is 0.268 e. The summed E-state index contributed by atoms with van der Waals surface area (Å²) < 4.78 is 1.25. The zero-order valence-corrected chi connectivity index (χ0v) is 12.8. The number of nitrogens with one attached hydrogen (secondary N) is 2. The molecular formula is C16H18N4O3. The van der Waals surface area contributed by atoms with Gasteiger partial charge in [0.15, 0.2) is 5.69 Å². The van der Waals surface area contributed by atoms with Gasteiger partial charge in [-0.25, -0.2) is 4.68 Å². The Morgan fingerprint density at radius 2 is 1.74 bits per heavy atom. The number of benzene rings is 1. The van der Waals surface area contributed by atoms with Crippen molar-refractivity contribution < 1.29 is 9.59 Å². The first-order valence-electron chi connectivity index (χ1n) is 7.35. The number of aryl methyl sites for hydroxylation is 1. The molecule has 1 heterocycles. The first kappa shape index (κ1) is 16.4. The number of aromatic nitrogens is 2. The second-order valence-corrected chi connectivity index (χ2v) is 4.91. The lowest BCUT2D eigenvalue weighted by Gasteiger charge is -2.08. The fraction of sp³-hybridized carbons (Fsp3) is 0.250. The standard InChI is InChI=1S/C16H18N4O3/c1-2-3-11-20-14(21)10-9-13(19-20)16(23)18-17-15(22)12-7-5-4-6-8-12/h4-10H,2-3,11H2,1H3,(H,17,22)(H,18,23). The van der Waals surface area contributed by atoms with Crippen LogP contribution in [0.1, 0.15) is 40.6 Å². The van der Waals surface area contributed by atoms with Crippen LogP contribution in [0.3, 0.4) is 0 Å². The molecule has 0 bridgehead atoms. The van der Waals surface area contributed by atoms with Crippen LogP contribution in [0.15, 0.2) is 47.3 Å². The van der Waals surface area contributed by atoms with Gasteiger partial charge in [-0.2, -0.15) is 5.10 Å². The average molecular weight is 314 g/mol. The van der Waals surface area contributed by atoms with E-state index in [1.807, 2.05) is 6.92 Å². The van der Waals surface area contributed by atoms with E-state index >= 15 is 0 Å². The Morgan fingerprint density at radius 1 is 1.04 bits per heavy atom. The second-order valence-electron chi connectivity index (χ2n) is 4.91. The molecule has 0 radical (unpaired) electrons. The third kappa shape index (κ3) is 4.50. The van der Waals surface area contributed by atoms with Crippen molar-refractivity contribution >= 4 is 11.8 Å². The van der Waals surface area contributed by atoms with Crippen LogP contribution >= 0.6 is 0 Å². The zero-order valence-electron chi connectivity index (χ0n) is 12.8. The molecule has 7 nitrogen and oxygen atoms in total. The number of carbonyl (C=O) groups is 2. The lowest BCUT2D eigenvalue weighted by molar-refractivity contribution is 0.0842. The SMILES string of the molecule is CCCCn1nc(C(=O)NNC(=O)c2ccccc2)ccc1=O. The number of hydrogen-bond donors (Lipinski definition) is 2. The molecule has 0 aliphatic carbocycles. The number of amides is 2.